The van der Waals surface area contributed by atoms with E-state index in [1.54, 1.807) is 14.2 Å². The van der Waals surface area contributed by atoms with Crippen LogP contribution in [0.25, 0.3) is 0 Å². The Balaban J connectivity index is 2.57. The molecule has 15 heavy (non-hydrogen) atoms. The van der Waals surface area contributed by atoms with Gasteiger partial charge in [-0.15, -0.1) is 0 Å². The highest BCUT2D eigenvalue weighted by Crippen LogP contribution is 2.16. The summed E-state index contributed by atoms with van der Waals surface area (Å²) in [7, 11) is 3.23. The smallest absolute Gasteiger partial charge is 0.173 e. The zero-order chi connectivity index (χ0) is 11.3. The second kappa shape index (κ2) is 6.05. The normalized spacial score (nSPS) is 10.7. The lowest BCUT2D eigenvalue weighted by molar-refractivity contribution is -0.0914. The van der Waals surface area contributed by atoms with Crippen molar-refractivity contribution in [1.29, 1.82) is 0 Å². The topological polar surface area (TPSA) is 43.4 Å². The minimum Gasteiger partial charge on any atom is -0.378 e. The second-order valence-corrected chi connectivity index (χ2v) is 3.86. The molecule has 5 heteroatoms. The van der Waals surface area contributed by atoms with Crippen molar-refractivity contribution >= 4 is 21.6 Å². The molecule has 0 spiro atoms. The molecule has 1 heterocycles. The summed E-state index contributed by atoms with van der Waals surface area (Å²) >= 11 is 3.32. The van der Waals surface area contributed by atoms with Gasteiger partial charge in [0.25, 0.3) is 0 Å². The van der Waals surface area contributed by atoms with Gasteiger partial charge in [0.2, 0.25) is 0 Å². The first-order valence-electron chi connectivity index (χ1n) is 4.60. The maximum atomic E-state index is 5.07. The maximum Gasteiger partial charge on any atom is 0.173 e. The molecule has 0 aromatic carbocycles. The molecule has 0 aliphatic rings. The summed E-state index contributed by atoms with van der Waals surface area (Å²) in [6.07, 6.45) is -0.243. The van der Waals surface area contributed by atoms with Crippen molar-refractivity contribution in [2.45, 2.75) is 13.2 Å². The molecule has 0 radical (unpaired) electrons. The van der Waals surface area contributed by atoms with Crippen molar-refractivity contribution in [3.63, 3.8) is 0 Å². The number of nitrogens with one attached hydrogen (secondary N) is 1. The number of methoxy groups -OCH3 is 2. The molecular weight excluding hydrogens is 260 g/mol. The Morgan fingerprint density at radius 3 is 2.60 bits per heavy atom. The fourth-order valence-electron chi connectivity index (χ4n) is 1.17. The number of aromatic nitrogens is 1. The molecule has 1 aromatic rings. The quantitative estimate of drug-likeness (QED) is 0.660. The number of anilines is 1. The van der Waals surface area contributed by atoms with Gasteiger partial charge >= 0.3 is 0 Å². The lowest BCUT2D eigenvalue weighted by Crippen LogP contribution is -2.24. The van der Waals surface area contributed by atoms with Gasteiger partial charge in [0.15, 0.2) is 6.29 Å². The first kappa shape index (κ1) is 12.4. The molecule has 0 fully saturated rings. The predicted octanol–water partition coefficient (Wildman–Crippen LogP) is 2.18. The number of nitrogens with zero attached hydrogens (tertiary/aromatic N) is 1. The summed E-state index contributed by atoms with van der Waals surface area (Å²) < 4.78 is 11.0. The summed E-state index contributed by atoms with van der Waals surface area (Å²) in [6, 6.07) is 3.86. The standard InChI is InChI=1S/C10H15BrN2O2/c1-7-8(4-5-9(11)13-7)12-6-10(14-2)15-3/h4-5,10,12H,6H2,1-3H3. The van der Waals surface area contributed by atoms with Gasteiger partial charge in [-0.3, -0.25) is 0 Å². The summed E-state index contributed by atoms with van der Waals surface area (Å²) in [4.78, 5) is 4.28. The van der Waals surface area contributed by atoms with E-state index in [2.05, 4.69) is 26.2 Å². The van der Waals surface area contributed by atoms with Crippen molar-refractivity contribution in [3.05, 3.63) is 22.4 Å². The predicted molar refractivity (Wildman–Crippen MR) is 63.0 cm³/mol. The molecule has 0 saturated carbocycles. The Morgan fingerprint density at radius 2 is 2.07 bits per heavy atom. The molecule has 0 aliphatic heterocycles. The van der Waals surface area contributed by atoms with E-state index in [0.29, 0.717) is 6.54 Å². The van der Waals surface area contributed by atoms with Crippen molar-refractivity contribution < 1.29 is 9.47 Å². The Bertz CT molecular complexity index is 316. The third-order valence-electron chi connectivity index (χ3n) is 2.04. The van der Waals surface area contributed by atoms with Crippen LogP contribution in [0.3, 0.4) is 0 Å². The van der Waals surface area contributed by atoms with E-state index in [1.807, 2.05) is 19.1 Å². The van der Waals surface area contributed by atoms with Crippen LogP contribution >= 0.6 is 15.9 Å². The molecule has 0 saturated heterocycles. The third kappa shape index (κ3) is 3.77. The van der Waals surface area contributed by atoms with E-state index in [0.717, 1.165) is 16.0 Å². The molecule has 0 aliphatic carbocycles. The van der Waals surface area contributed by atoms with Crippen LogP contribution in [0, 0.1) is 6.92 Å². The van der Waals surface area contributed by atoms with Gasteiger partial charge in [0.05, 0.1) is 17.9 Å². The van der Waals surface area contributed by atoms with Crippen LogP contribution in [-0.2, 0) is 9.47 Å². The summed E-state index contributed by atoms with van der Waals surface area (Å²) in [6.45, 7) is 2.54. The lowest BCUT2D eigenvalue weighted by atomic mass is 10.3. The van der Waals surface area contributed by atoms with E-state index >= 15 is 0 Å². The molecule has 1 N–H and O–H groups in total. The fourth-order valence-corrected chi connectivity index (χ4v) is 1.57. The maximum absolute atomic E-state index is 5.07. The van der Waals surface area contributed by atoms with E-state index in [1.165, 1.54) is 0 Å². The molecule has 0 bridgehead atoms. The van der Waals surface area contributed by atoms with E-state index < -0.39 is 0 Å². The van der Waals surface area contributed by atoms with E-state index in [4.69, 9.17) is 9.47 Å². The van der Waals surface area contributed by atoms with Gasteiger partial charge in [-0.1, -0.05) is 0 Å². The minimum absolute atomic E-state index is 0.243. The van der Waals surface area contributed by atoms with Gasteiger partial charge in [-0.05, 0) is 35.0 Å². The number of pyridine rings is 1. The molecule has 4 nitrogen and oxygen atoms in total. The molecule has 84 valence electrons. The van der Waals surface area contributed by atoms with Gasteiger partial charge in [0.1, 0.15) is 4.60 Å². The molecule has 0 unspecified atom stereocenters. The van der Waals surface area contributed by atoms with Crippen LogP contribution in [0.15, 0.2) is 16.7 Å². The minimum atomic E-state index is -0.243. The highest BCUT2D eigenvalue weighted by molar-refractivity contribution is 9.10. The number of hydrogen-bond donors (Lipinski definition) is 1. The average Bonchev–Trinajstić information content (AvgIpc) is 2.22. The number of ether oxygens (including phenoxy) is 2. The molecule has 0 amide bonds. The average molecular weight is 275 g/mol. The van der Waals surface area contributed by atoms with Crippen LogP contribution in [0.5, 0.6) is 0 Å². The summed E-state index contributed by atoms with van der Waals surface area (Å²) in [5.41, 5.74) is 1.92. The van der Waals surface area contributed by atoms with Crippen molar-refractivity contribution in [3.8, 4) is 0 Å². The number of hydrogen-bond acceptors (Lipinski definition) is 4. The largest absolute Gasteiger partial charge is 0.378 e. The molecule has 0 atom stereocenters. The van der Waals surface area contributed by atoms with Crippen LogP contribution in [0.1, 0.15) is 5.69 Å². The molecule has 1 rings (SSSR count). The van der Waals surface area contributed by atoms with Gasteiger partial charge in [-0.2, -0.15) is 0 Å². The first-order valence-corrected chi connectivity index (χ1v) is 5.39. The highest BCUT2D eigenvalue weighted by atomic mass is 79.9. The molecule has 1 aromatic heterocycles. The lowest BCUT2D eigenvalue weighted by Gasteiger charge is -2.15. The zero-order valence-electron chi connectivity index (χ0n) is 9.08. The summed E-state index contributed by atoms with van der Waals surface area (Å²) in [5.74, 6) is 0. The van der Waals surface area contributed by atoms with E-state index in [9.17, 15) is 0 Å². The number of aryl methyl sites for hydroxylation is 1. The van der Waals surface area contributed by atoms with Crippen LogP contribution < -0.4 is 5.32 Å². The van der Waals surface area contributed by atoms with Gasteiger partial charge < -0.3 is 14.8 Å². The fraction of sp³-hybridized carbons (Fsp3) is 0.500. The van der Waals surface area contributed by atoms with Crippen LogP contribution in [-0.4, -0.2) is 32.0 Å². The number of halogens is 1. The highest BCUT2D eigenvalue weighted by Gasteiger charge is 2.06. The zero-order valence-corrected chi connectivity index (χ0v) is 10.7. The van der Waals surface area contributed by atoms with Gasteiger partial charge in [-0.25, -0.2) is 4.98 Å². The Kier molecular flexibility index (Phi) is 5.01. The van der Waals surface area contributed by atoms with Gasteiger partial charge in [0, 0.05) is 14.2 Å². The Hall–Kier alpha value is -0.650. The van der Waals surface area contributed by atoms with Crippen molar-refractivity contribution in [2.24, 2.45) is 0 Å². The van der Waals surface area contributed by atoms with Crippen LogP contribution in [0.2, 0.25) is 0 Å². The van der Waals surface area contributed by atoms with Crippen LogP contribution in [0.4, 0.5) is 5.69 Å². The summed E-state index contributed by atoms with van der Waals surface area (Å²) in [5, 5.41) is 3.21. The monoisotopic (exact) mass is 274 g/mol. The number of rotatable bonds is 5. The first-order chi connectivity index (χ1) is 7.17. The molecular formula is C10H15BrN2O2. The SMILES string of the molecule is COC(CNc1ccc(Br)nc1C)OC. The second-order valence-electron chi connectivity index (χ2n) is 3.05. The van der Waals surface area contributed by atoms with E-state index in [-0.39, 0.29) is 6.29 Å². The Labute approximate surface area is 98.1 Å². The third-order valence-corrected chi connectivity index (χ3v) is 2.48. The van der Waals surface area contributed by atoms with Crippen molar-refractivity contribution in [2.75, 3.05) is 26.1 Å². The Morgan fingerprint density at radius 1 is 1.40 bits per heavy atom. The van der Waals surface area contributed by atoms with Crippen molar-refractivity contribution in [1.82, 2.24) is 4.98 Å².